The van der Waals surface area contributed by atoms with Crippen LogP contribution >= 0.6 is 11.3 Å². The molecule has 0 amide bonds. The summed E-state index contributed by atoms with van der Waals surface area (Å²) < 4.78 is 21.7. The molecule has 4 rings (SSSR count). The first-order valence-electron chi connectivity index (χ1n) is 9.18. The Kier molecular flexibility index (Phi) is 6.28. The van der Waals surface area contributed by atoms with Crippen molar-refractivity contribution in [3.8, 4) is 11.5 Å². The van der Waals surface area contributed by atoms with Gasteiger partial charge in [0.2, 0.25) is 6.79 Å². The molecule has 0 saturated heterocycles. The fourth-order valence-electron chi connectivity index (χ4n) is 3.15. The van der Waals surface area contributed by atoms with Gasteiger partial charge in [-0.25, -0.2) is 0 Å². The predicted molar refractivity (Wildman–Crippen MR) is 105 cm³/mol. The van der Waals surface area contributed by atoms with E-state index in [9.17, 15) is 5.11 Å². The summed E-state index contributed by atoms with van der Waals surface area (Å²) in [6.45, 7) is 2.85. The van der Waals surface area contributed by atoms with Crippen LogP contribution in [0.2, 0.25) is 0 Å². The van der Waals surface area contributed by atoms with E-state index in [2.05, 4.69) is 16.3 Å². The molecule has 0 spiro atoms. The fraction of sp³-hybridized carbons (Fsp3) is 0.333. The zero-order valence-electron chi connectivity index (χ0n) is 15.5. The fourth-order valence-corrected chi connectivity index (χ4v) is 3.89. The molecule has 0 fully saturated rings. The Balaban J connectivity index is 1.35. The molecule has 0 aliphatic carbocycles. The summed E-state index contributed by atoms with van der Waals surface area (Å²) in [6.07, 6.45) is 1.02. The summed E-state index contributed by atoms with van der Waals surface area (Å²) in [6, 6.07) is 13.8. The maximum atomic E-state index is 10.5. The molecular weight excluding hydrogens is 378 g/mol. The third-order valence-corrected chi connectivity index (χ3v) is 5.27. The number of nitrogens with zero attached hydrogens (tertiary/aromatic N) is 1. The topological polar surface area (TPSA) is 64.3 Å². The number of aliphatic hydroxyl groups excluding tert-OH is 1. The quantitative estimate of drug-likeness (QED) is 0.560. The van der Waals surface area contributed by atoms with Crippen molar-refractivity contribution >= 4 is 11.3 Å². The highest BCUT2D eigenvalue weighted by Crippen LogP contribution is 2.33. The van der Waals surface area contributed by atoms with Crippen molar-refractivity contribution in [2.24, 2.45) is 0 Å². The molecule has 0 saturated carbocycles. The number of benzene rings is 1. The van der Waals surface area contributed by atoms with Gasteiger partial charge in [0.05, 0.1) is 19.0 Å². The monoisotopic (exact) mass is 401 g/mol. The Morgan fingerprint density at radius 3 is 2.86 bits per heavy atom. The Labute approximate surface area is 167 Å². The van der Waals surface area contributed by atoms with Gasteiger partial charge in [-0.2, -0.15) is 0 Å². The van der Waals surface area contributed by atoms with E-state index >= 15 is 0 Å². The number of hydrogen-bond donors (Lipinski definition) is 1. The second kappa shape index (κ2) is 9.25. The number of fused-ring (bicyclic) bond motifs is 1. The van der Waals surface area contributed by atoms with Crippen molar-refractivity contribution in [1.82, 2.24) is 4.90 Å². The van der Waals surface area contributed by atoms with Gasteiger partial charge in [0.1, 0.15) is 12.4 Å². The SMILES string of the molecule is O[C@H](COCc1ccco1)CN(Cc1ccc2c(c1)OCO2)Cc1cccs1. The zero-order valence-corrected chi connectivity index (χ0v) is 16.3. The Bertz CT molecular complexity index is 850. The second-order valence-corrected chi connectivity index (χ2v) is 7.72. The largest absolute Gasteiger partial charge is 0.467 e. The first kappa shape index (κ1) is 19.0. The van der Waals surface area contributed by atoms with E-state index in [-0.39, 0.29) is 13.4 Å². The van der Waals surface area contributed by atoms with Crippen molar-refractivity contribution in [3.05, 3.63) is 70.3 Å². The molecule has 2 aromatic heterocycles. The van der Waals surface area contributed by atoms with Crippen LogP contribution in [0.1, 0.15) is 16.2 Å². The summed E-state index contributed by atoms with van der Waals surface area (Å²) in [7, 11) is 0. The number of aliphatic hydroxyl groups is 1. The van der Waals surface area contributed by atoms with Crippen LogP contribution in [0.3, 0.4) is 0 Å². The van der Waals surface area contributed by atoms with E-state index in [1.165, 1.54) is 4.88 Å². The Morgan fingerprint density at radius 2 is 2.04 bits per heavy atom. The highest BCUT2D eigenvalue weighted by Gasteiger charge is 2.17. The first-order chi connectivity index (χ1) is 13.8. The second-order valence-electron chi connectivity index (χ2n) is 6.68. The minimum absolute atomic E-state index is 0.253. The van der Waals surface area contributed by atoms with Crippen LogP contribution in [0, 0.1) is 0 Å². The molecule has 1 aromatic carbocycles. The van der Waals surface area contributed by atoms with Crippen LogP contribution < -0.4 is 9.47 Å². The molecule has 0 unspecified atom stereocenters. The third kappa shape index (κ3) is 5.14. The van der Waals surface area contributed by atoms with Gasteiger partial charge in [-0.05, 0) is 41.3 Å². The van der Waals surface area contributed by atoms with Crippen molar-refractivity contribution in [2.75, 3.05) is 19.9 Å². The van der Waals surface area contributed by atoms with Gasteiger partial charge in [-0.3, -0.25) is 4.90 Å². The van der Waals surface area contributed by atoms with Crippen molar-refractivity contribution in [2.45, 2.75) is 25.8 Å². The maximum Gasteiger partial charge on any atom is 0.231 e. The van der Waals surface area contributed by atoms with Crippen LogP contribution in [-0.4, -0.2) is 36.1 Å². The molecular formula is C21H23NO5S. The van der Waals surface area contributed by atoms with Gasteiger partial charge in [-0.1, -0.05) is 12.1 Å². The van der Waals surface area contributed by atoms with Crippen LogP contribution in [-0.2, 0) is 24.4 Å². The molecule has 0 radical (unpaired) electrons. The van der Waals surface area contributed by atoms with Gasteiger partial charge in [0, 0.05) is 24.5 Å². The molecule has 0 bridgehead atoms. The van der Waals surface area contributed by atoms with Crippen LogP contribution in [0.15, 0.2) is 58.5 Å². The summed E-state index contributed by atoms with van der Waals surface area (Å²) >= 11 is 1.71. The lowest BCUT2D eigenvalue weighted by Crippen LogP contribution is -2.34. The molecule has 3 heterocycles. The summed E-state index contributed by atoms with van der Waals surface area (Å²) in [4.78, 5) is 3.47. The predicted octanol–water partition coefficient (Wildman–Crippen LogP) is 3.65. The number of hydrogen-bond acceptors (Lipinski definition) is 7. The average Bonchev–Trinajstić information content (AvgIpc) is 3.44. The van der Waals surface area contributed by atoms with Crippen LogP contribution in [0.25, 0.3) is 0 Å². The van der Waals surface area contributed by atoms with Gasteiger partial charge < -0.3 is 23.7 Å². The number of thiophene rings is 1. The number of furan rings is 1. The standard InChI is InChI=1S/C21H23NO5S/c23-17(13-24-14-18-3-1-7-25-18)11-22(12-19-4-2-8-28-19)10-16-5-6-20-21(9-16)27-15-26-20/h1-9,17,23H,10-15H2/t17-/m0/s1. The lowest BCUT2D eigenvalue weighted by molar-refractivity contribution is 0.00267. The summed E-state index contributed by atoms with van der Waals surface area (Å²) in [5, 5.41) is 12.5. The average molecular weight is 401 g/mol. The van der Waals surface area contributed by atoms with Crippen LogP contribution in [0.4, 0.5) is 0 Å². The Hall–Kier alpha value is -2.32. The van der Waals surface area contributed by atoms with Crippen LogP contribution in [0.5, 0.6) is 11.5 Å². The van der Waals surface area contributed by atoms with Gasteiger partial charge in [0.15, 0.2) is 11.5 Å². The van der Waals surface area contributed by atoms with Gasteiger partial charge in [-0.15, -0.1) is 11.3 Å². The lowest BCUT2D eigenvalue weighted by atomic mass is 10.1. The van der Waals surface area contributed by atoms with E-state index in [1.54, 1.807) is 17.6 Å². The molecule has 1 N–H and O–H groups in total. The normalized spacial score (nSPS) is 13.9. The number of ether oxygens (including phenoxy) is 3. The summed E-state index contributed by atoms with van der Waals surface area (Å²) in [5.74, 6) is 2.30. The van der Waals surface area contributed by atoms with Crippen molar-refractivity contribution < 1.29 is 23.7 Å². The highest BCUT2D eigenvalue weighted by molar-refractivity contribution is 7.09. The Morgan fingerprint density at radius 1 is 1.11 bits per heavy atom. The molecule has 1 atom stereocenters. The van der Waals surface area contributed by atoms with E-state index in [0.29, 0.717) is 19.7 Å². The van der Waals surface area contributed by atoms with E-state index in [4.69, 9.17) is 18.6 Å². The van der Waals surface area contributed by atoms with E-state index < -0.39 is 6.10 Å². The molecule has 148 valence electrons. The van der Waals surface area contributed by atoms with E-state index in [1.807, 2.05) is 36.4 Å². The van der Waals surface area contributed by atoms with E-state index in [0.717, 1.165) is 29.4 Å². The third-order valence-electron chi connectivity index (χ3n) is 4.41. The minimum Gasteiger partial charge on any atom is -0.467 e. The molecule has 7 heteroatoms. The van der Waals surface area contributed by atoms with Gasteiger partial charge in [0.25, 0.3) is 0 Å². The number of rotatable bonds is 10. The first-order valence-corrected chi connectivity index (χ1v) is 10.1. The zero-order chi connectivity index (χ0) is 19.2. The molecule has 1 aliphatic heterocycles. The summed E-state index contributed by atoms with van der Waals surface area (Å²) in [5.41, 5.74) is 1.12. The maximum absolute atomic E-state index is 10.5. The smallest absolute Gasteiger partial charge is 0.231 e. The molecule has 28 heavy (non-hydrogen) atoms. The minimum atomic E-state index is -0.594. The molecule has 6 nitrogen and oxygen atoms in total. The molecule has 1 aliphatic rings. The van der Waals surface area contributed by atoms with Crippen molar-refractivity contribution in [3.63, 3.8) is 0 Å². The molecule has 3 aromatic rings. The highest BCUT2D eigenvalue weighted by atomic mass is 32.1. The van der Waals surface area contributed by atoms with Crippen molar-refractivity contribution in [1.29, 1.82) is 0 Å². The van der Waals surface area contributed by atoms with Gasteiger partial charge >= 0.3 is 0 Å². The lowest BCUT2D eigenvalue weighted by Gasteiger charge is -2.25.